The van der Waals surface area contributed by atoms with Crippen molar-refractivity contribution in [3.8, 4) is 6.07 Å². The van der Waals surface area contributed by atoms with Gasteiger partial charge < -0.3 is 0 Å². The highest BCUT2D eigenvalue weighted by molar-refractivity contribution is 5.36. The molecule has 0 aliphatic heterocycles. The Labute approximate surface area is 73.4 Å². The Bertz CT molecular complexity index is 366. The average Bonchev–Trinajstić information content (AvgIpc) is 2.09. The summed E-state index contributed by atoms with van der Waals surface area (Å²) in [6.45, 7) is 1.19. The molecule has 0 N–H and O–H groups in total. The topological polar surface area (TPSA) is 23.8 Å². The van der Waals surface area contributed by atoms with Gasteiger partial charge in [-0.25, -0.2) is 13.2 Å². The van der Waals surface area contributed by atoms with Crippen LogP contribution in [0.4, 0.5) is 13.2 Å². The van der Waals surface area contributed by atoms with Gasteiger partial charge in [0, 0.05) is 0 Å². The van der Waals surface area contributed by atoms with Gasteiger partial charge in [0.2, 0.25) is 0 Å². The number of hydrogen-bond donors (Lipinski definition) is 0. The first kappa shape index (κ1) is 9.59. The Hall–Kier alpha value is -1.50. The van der Waals surface area contributed by atoms with E-state index in [1.807, 2.05) is 0 Å². The molecule has 0 spiro atoms. The van der Waals surface area contributed by atoms with Crippen molar-refractivity contribution in [3.05, 3.63) is 34.9 Å². The minimum Gasteiger partial charge on any atom is -0.243 e. The molecule has 0 radical (unpaired) electrons. The lowest BCUT2D eigenvalue weighted by molar-refractivity contribution is 0.371. The summed E-state index contributed by atoms with van der Waals surface area (Å²) in [6.07, 6.45) is -1.41. The molecule has 0 amide bonds. The van der Waals surface area contributed by atoms with Gasteiger partial charge in [-0.05, 0) is 24.6 Å². The van der Waals surface area contributed by atoms with Crippen molar-refractivity contribution in [3.63, 3.8) is 0 Å². The highest BCUT2D eigenvalue weighted by Gasteiger charge is 2.13. The SMILES string of the molecule is CC(F)c1cc(F)c(F)c(C#N)c1. The van der Waals surface area contributed by atoms with E-state index in [2.05, 4.69) is 0 Å². The van der Waals surface area contributed by atoms with Crippen LogP contribution in [0.25, 0.3) is 0 Å². The second kappa shape index (κ2) is 3.48. The average molecular weight is 185 g/mol. The van der Waals surface area contributed by atoms with Gasteiger partial charge >= 0.3 is 0 Å². The second-order valence-corrected chi connectivity index (χ2v) is 2.59. The Balaban J connectivity index is 3.32. The fraction of sp³-hybridized carbons (Fsp3) is 0.222. The van der Waals surface area contributed by atoms with E-state index in [9.17, 15) is 13.2 Å². The van der Waals surface area contributed by atoms with E-state index in [0.29, 0.717) is 0 Å². The zero-order chi connectivity index (χ0) is 10.0. The summed E-state index contributed by atoms with van der Waals surface area (Å²) in [5, 5.41) is 8.37. The third-order valence-corrected chi connectivity index (χ3v) is 1.63. The van der Waals surface area contributed by atoms with Crippen molar-refractivity contribution in [1.82, 2.24) is 0 Å². The standard InChI is InChI=1S/C9H6F3N/c1-5(10)6-2-7(4-13)9(12)8(11)3-6/h2-3,5H,1H3. The Kier molecular flexibility index (Phi) is 2.57. The number of halogens is 3. The van der Waals surface area contributed by atoms with Gasteiger partial charge in [-0.3, -0.25) is 0 Å². The summed E-state index contributed by atoms with van der Waals surface area (Å²) in [6, 6.07) is 3.20. The summed E-state index contributed by atoms with van der Waals surface area (Å²) in [5.74, 6) is -2.43. The molecule has 0 saturated heterocycles. The van der Waals surface area contributed by atoms with Crippen LogP contribution in [0.1, 0.15) is 24.2 Å². The molecule has 0 aliphatic carbocycles. The van der Waals surface area contributed by atoms with Crippen LogP contribution < -0.4 is 0 Å². The molecule has 1 aromatic rings. The number of rotatable bonds is 1. The third kappa shape index (κ3) is 1.81. The van der Waals surface area contributed by atoms with E-state index >= 15 is 0 Å². The fourth-order valence-electron chi connectivity index (χ4n) is 0.921. The molecule has 0 fully saturated rings. The van der Waals surface area contributed by atoms with Crippen molar-refractivity contribution < 1.29 is 13.2 Å². The minimum absolute atomic E-state index is 0.0320. The number of nitriles is 1. The summed E-state index contributed by atoms with van der Waals surface area (Å²) < 4.78 is 38.1. The number of nitrogens with zero attached hydrogens (tertiary/aromatic N) is 1. The van der Waals surface area contributed by atoms with Crippen LogP contribution in [0.5, 0.6) is 0 Å². The lowest BCUT2D eigenvalue weighted by Gasteiger charge is -2.03. The highest BCUT2D eigenvalue weighted by atomic mass is 19.2. The van der Waals surface area contributed by atoms with Crippen LogP contribution in [0.2, 0.25) is 0 Å². The van der Waals surface area contributed by atoms with Crippen LogP contribution >= 0.6 is 0 Å². The van der Waals surface area contributed by atoms with E-state index in [-0.39, 0.29) is 5.56 Å². The highest BCUT2D eigenvalue weighted by Crippen LogP contribution is 2.21. The zero-order valence-corrected chi connectivity index (χ0v) is 6.81. The van der Waals surface area contributed by atoms with Gasteiger partial charge in [0.15, 0.2) is 11.6 Å². The maximum atomic E-state index is 12.7. The summed E-state index contributed by atoms with van der Waals surface area (Å²) in [5.41, 5.74) is -0.505. The van der Waals surface area contributed by atoms with E-state index in [1.54, 1.807) is 0 Å². The number of benzene rings is 1. The van der Waals surface area contributed by atoms with Gasteiger partial charge in [0.1, 0.15) is 12.2 Å². The molecule has 1 atom stereocenters. The molecule has 0 bridgehead atoms. The van der Waals surface area contributed by atoms with Crippen LogP contribution in [0, 0.1) is 23.0 Å². The molecule has 1 rings (SSSR count). The Morgan fingerprint density at radius 3 is 2.46 bits per heavy atom. The molecule has 1 aromatic carbocycles. The van der Waals surface area contributed by atoms with Crippen molar-refractivity contribution in [2.75, 3.05) is 0 Å². The molecule has 1 nitrogen and oxygen atoms in total. The van der Waals surface area contributed by atoms with Crippen LogP contribution in [0.15, 0.2) is 12.1 Å². The Morgan fingerprint density at radius 2 is 2.00 bits per heavy atom. The zero-order valence-electron chi connectivity index (χ0n) is 6.81. The van der Waals surface area contributed by atoms with E-state index in [0.717, 1.165) is 12.1 Å². The summed E-state index contributed by atoms with van der Waals surface area (Å²) in [7, 11) is 0. The van der Waals surface area contributed by atoms with Crippen LogP contribution in [0.3, 0.4) is 0 Å². The van der Waals surface area contributed by atoms with Crippen LogP contribution in [-0.2, 0) is 0 Å². The lowest BCUT2D eigenvalue weighted by atomic mass is 10.1. The lowest BCUT2D eigenvalue weighted by Crippen LogP contribution is -1.95. The van der Waals surface area contributed by atoms with Gasteiger partial charge in [-0.2, -0.15) is 5.26 Å². The van der Waals surface area contributed by atoms with Crippen molar-refractivity contribution in [1.29, 1.82) is 5.26 Å². The van der Waals surface area contributed by atoms with E-state index in [1.165, 1.54) is 13.0 Å². The minimum atomic E-state index is -1.41. The van der Waals surface area contributed by atoms with Gasteiger partial charge in [0.05, 0.1) is 5.56 Å². The summed E-state index contributed by atoms with van der Waals surface area (Å²) in [4.78, 5) is 0. The first-order valence-electron chi connectivity index (χ1n) is 3.59. The van der Waals surface area contributed by atoms with E-state index in [4.69, 9.17) is 5.26 Å². The number of hydrogen-bond acceptors (Lipinski definition) is 1. The predicted molar refractivity (Wildman–Crippen MR) is 40.6 cm³/mol. The van der Waals surface area contributed by atoms with Crippen molar-refractivity contribution in [2.24, 2.45) is 0 Å². The van der Waals surface area contributed by atoms with E-state index < -0.39 is 23.4 Å². The normalized spacial score (nSPS) is 12.2. The largest absolute Gasteiger partial charge is 0.243 e. The molecular formula is C9H6F3N. The van der Waals surface area contributed by atoms with Gasteiger partial charge in [0.25, 0.3) is 0 Å². The third-order valence-electron chi connectivity index (χ3n) is 1.63. The molecule has 0 aromatic heterocycles. The Morgan fingerprint density at radius 1 is 1.38 bits per heavy atom. The van der Waals surface area contributed by atoms with Gasteiger partial charge in [-0.15, -0.1) is 0 Å². The molecule has 13 heavy (non-hydrogen) atoms. The summed E-state index contributed by atoms with van der Waals surface area (Å²) >= 11 is 0. The first-order valence-corrected chi connectivity index (χ1v) is 3.59. The predicted octanol–water partition coefficient (Wildman–Crippen LogP) is 2.87. The van der Waals surface area contributed by atoms with Crippen molar-refractivity contribution >= 4 is 0 Å². The molecule has 1 unspecified atom stereocenters. The molecule has 0 aliphatic rings. The second-order valence-electron chi connectivity index (χ2n) is 2.59. The fourth-order valence-corrected chi connectivity index (χ4v) is 0.921. The molecule has 0 saturated carbocycles. The number of alkyl halides is 1. The monoisotopic (exact) mass is 185 g/mol. The molecule has 68 valence electrons. The maximum absolute atomic E-state index is 12.7. The first-order chi connectivity index (χ1) is 6.06. The quantitative estimate of drug-likeness (QED) is 0.659. The molecular weight excluding hydrogens is 179 g/mol. The van der Waals surface area contributed by atoms with Crippen molar-refractivity contribution in [2.45, 2.75) is 13.1 Å². The molecule has 0 heterocycles. The molecule has 4 heteroatoms. The smallest absolute Gasteiger partial charge is 0.176 e. The maximum Gasteiger partial charge on any atom is 0.176 e. The van der Waals surface area contributed by atoms with Crippen LogP contribution in [-0.4, -0.2) is 0 Å². The van der Waals surface area contributed by atoms with Gasteiger partial charge in [-0.1, -0.05) is 0 Å².